The minimum atomic E-state index is -0.335. The fraction of sp³-hybridized carbons (Fsp3) is 0.455. The van der Waals surface area contributed by atoms with Gasteiger partial charge >= 0.3 is 5.97 Å². The Hall–Kier alpha value is -1.10. The minimum Gasteiger partial charge on any atom is -0.469 e. The molecule has 0 N–H and O–H groups in total. The van der Waals surface area contributed by atoms with Gasteiger partial charge in [0.05, 0.1) is 19.7 Å². The van der Waals surface area contributed by atoms with Crippen molar-refractivity contribution in [2.24, 2.45) is 0 Å². The molecule has 88 valence electrons. The van der Waals surface area contributed by atoms with Gasteiger partial charge in [-0.1, -0.05) is 6.92 Å². The zero-order valence-corrected chi connectivity index (χ0v) is 10.1. The standard InChI is InChI=1S/C11H14FNO2S/c1-8(3-11(14)15-2)16-7-9-4-10(12)6-13-5-9/h4-6,8H,3,7H2,1-2H3. The van der Waals surface area contributed by atoms with E-state index in [1.165, 1.54) is 19.4 Å². The third-order valence-corrected chi connectivity index (χ3v) is 3.21. The number of methoxy groups -OCH3 is 1. The summed E-state index contributed by atoms with van der Waals surface area (Å²) in [6.45, 7) is 1.94. The van der Waals surface area contributed by atoms with Crippen LogP contribution in [-0.2, 0) is 15.3 Å². The van der Waals surface area contributed by atoms with Crippen molar-refractivity contribution in [3.63, 3.8) is 0 Å². The quantitative estimate of drug-likeness (QED) is 0.744. The molecule has 0 aliphatic rings. The summed E-state index contributed by atoms with van der Waals surface area (Å²) >= 11 is 1.57. The summed E-state index contributed by atoms with van der Waals surface area (Å²) in [4.78, 5) is 14.7. The third kappa shape index (κ3) is 4.61. The van der Waals surface area contributed by atoms with Crippen LogP contribution in [0.2, 0.25) is 0 Å². The van der Waals surface area contributed by atoms with Crippen molar-refractivity contribution in [1.29, 1.82) is 0 Å². The van der Waals surface area contributed by atoms with Crippen LogP contribution in [-0.4, -0.2) is 23.3 Å². The van der Waals surface area contributed by atoms with E-state index in [-0.39, 0.29) is 17.0 Å². The number of hydrogen-bond donors (Lipinski definition) is 0. The highest BCUT2D eigenvalue weighted by Gasteiger charge is 2.09. The molecule has 0 bridgehead atoms. The summed E-state index contributed by atoms with van der Waals surface area (Å²) in [6, 6.07) is 1.45. The van der Waals surface area contributed by atoms with Crippen LogP contribution in [0, 0.1) is 5.82 Å². The molecule has 1 rings (SSSR count). The molecule has 1 aromatic heterocycles. The van der Waals surface area contributed by atoms with Crippen molar-refractivity contribution in [3.05, 3.63) is 29.8 Å². The van der Waals surface area contributed by atoms with Gasteiger partial charge in [-0.15, -0.1) is 0 Å². The molecular weight excluding hydrogens is 229 g/mol. The average molecular weight is 243 g/mol. The second kappa shape index (κ2) is 6.48. The van der Waals surface area contributed by atoms with Gasteiger partial charge in [-0.2, -0.15) is 11.8 Å². The van der Waals surface area contributed by atoms with Crippen LogP contribution in [0.3, 0.4) is 0 Å². The number of aromatic nitrogens is 1. The van der Waals surface area contributed by atoms with Crippen molar-refractivity contribution >= 4 is 17.7 Å². The largest absolute Gasteiger partial charge is 0.469 e. The van der Waals surface area contributed by atoms with Gasteiger partial charge < -0.3 is 4.74 Å². The summed E-state index contributed by atoms with van der Waals surface area (Å²) in [6.07, 6.45) is 3.16. The van der Waals surface area contributed by atoms with Crippen LogP contribution < -0.4 is 0 Å². The number of hydrogen-bond acceptors (Lipinski definition) is 4. The Balaban J connectivity index is 2.37. The second-order valence-electron chi connectivity index (χ2n) is 3.41. The maximum Gasteiger partial charge on any atom is 0.306 e. The fourth-order valence-electron chi connectivity index (χ4n) is 1.15. The molecule has 16 heavy (non-hydrogen) atoms. The highest BCUT2D eigenvalue weighted by Crippen LogP contribution is 2.20. The number of carbonyl (C=O) groups is 1. The smallest absolute Gasteiger partial charge is 0.306 e. The first kappa shape index (κ1) is 13.0. The zero-order chi connectivity index (χ0) is 12.0. The topological polar surface area (TPSA) is 39.2 Å². The summed E-state index contributed by atoms with van der Waals surface area (Å²) in [5, 5.41) is 0.149. The maximum atomic E-state index is 12.8. The van der Waals surface area contributed by atoms with Crippen LogP contribution in [0.15, 0.2) is 18.5 Å². The molecule has 0 spiro atoms. The molecule has 5 heteroatoms. The number of thioether (sulfide) groups is 1. The van der Waals surface area contributed by atoms with Crippen molar-refractivity contribution < 1.29 is 13.9 Å². The molecule has 0 aromatic carbocycles. The first-order valence-corrected chi connectivity index (χ1v) is 5.94. The predicted molar refractivity (Wildman–Crippen MR) is 61.6 cm³/mol. The van der Waals surface area contributed by atoms with Crippen LogP contribution in [0.5, 0.6) is 0 Å². The van der Waals surface area contributed by atoms with Crippen LogP contribution in [0.25, 0.3) is 0 Å². The molecule has 0 saturated heterocycles. The predicted octanol–water partition coefficient (Wildman–Crippen LogP) is 2.41. The van der Waals surface area contributed by atoms with Crippen molar-refractivity contribution in [3.8, 4) is 0 Å². The van der Waals surface area contributed by atoms with E-state index >= 15 is 0 Å². The van der Waals surface area contributed by atoms with Crippen molar-refractivity contribution in [2.75, 3.05) is 7.11 Å². The first-order chi connectivity index (χ1) is 7.61. The van der Waals surface area contributed by atoms with Crippen LogP contribution in [0.1, 0.15) is 18.9 Å². The maximum absolute atomic E-state index is 12.8. The second-order valence-corrected chi connectivity index (χ2v) is 4.84. The number of esters is 1. The molecule has 0 fully saturated rings. The lowest BCUT2D eigenvalue weighted by Crippen LogP contribution is -2.08. The normalized spacial score (nSPS) is 12.2. The summed E-state index contributed by atoms with van der Waals surface area (Å²) in [5.41, 5.74) is 0.821. The first-order valence-electron chi connectivity index (χ1n) is 4.89. The molecule has 0 aliphatic carbocycles. The monoisotopic (exact) mass is 243 g/mol. The van der Waals surface area contributed by atoms with E-state index in [0.717, 1.165) is 5.56 Å². The van der Waals surface area contributed by atoms with E-state index in [2.05, 4.69) is 9.72 Å². The molecule has 1 aromatic rings. The van der Waals surface area contributed by atoms with Gasteiger partial charge in [-0.3, -0.25) is 9.78 Å². The van der Waals surface area contributed by atoms with Gasteiger partial charge in [0.25, 0.3) is 0 Å². The van der Waals surface area contributed by atoms with E-state index in [1.807, 2.05) is 6.92 Å². The van der Waals surface area contributed by atoms with E-state index in [1.54, 1.807) is 18.0 Å². The molecule has 0 aliphatic heterocycles. The lowest BCUT2D eigenvalue weighted by atomic mass is 10.3. The fourth-order valence-corrected chi connectivity index (χ4v) is 2.04. The van der Waals surface area contributed by atoms with E-state index < -0.39 is 0 Å². The Kier molecular flexibility index (Phi) is 5.25. The van der Waals surface area contributed by atoms with Crippen LogP contribution >= 0.6 is 11.8 Å². The van der Waals surface area contributed by atoms with Crippen molar-refractivity contribution in [1.82, 2.24) is 4.98 Å². The Bertz CT molecular complexity index is 360. The molecular formula is C11H14FNO2S. The molecule has 0 radical (unpaired) electrons. The number of halogens is 1. The number of carbonyl (C=O) groups excluding carboxylic acids is 1. The summed E-state index contributed by atoms with van der Waals surface area (Å²) in [5.74, 6) is 0.0826. The Morgan fingerprint density at radius 2 is 2.38 bits per heavy atom. The Morgan fingerprint density at radius 3 is 3.00 bits per heavy atom. The molecule has 0 saturated carbocycles. The summed E-state index contributed by atoms with van der Waals surface area (Å²) < 4.78 is 17.4. The Morgan fingerprint density at radius 1 is 1.62 bits per heavy atom. The van der Waals surface area contributed by atoms with Gasteiger partial charge in [0.2, 0.25) is 0 Å². The minimum absolute atomic E-state index is 0.149. The summed E-state index contributed by atoms with van der Waals surface area (Å²) in [7, 11) is 1.37. The van der Waals surface area contributed by atoms with Gasteiger partial charge in [-0.05, 0) is 11.6 Å². The molecule has 1 atom stereocenters. The van der Waals surface area contributed by atoms with Gasteiger partial charge in [0, 0.05) is 17.2 Å². The molecule has 1 unspecified atom stereocenters. The molecule has 0 amide bonds. The van der Waals surface area contributed by atoms with E-state index in [0.29, 0.717) is 12.2 Å². The van der Waals surface area contributed by atoms with E-state index in [9.17, 15) is 9.18 Å². The molecule has 3 nitrogen and oxygen atoms in total. The van der Waals surface area contributed by atoms with Gasteiger partial charge in [0.1, 0.15) is 5.82 Å². The lowest BCUT2D eigenvalue weighted by Gasteiger charge is -2.09. The number of nitrogens with zero attached hydrogens (tertiary/aromatic N) is 1. The number of rotatable bonds is 5. The number of ether oxygens (including phenoxy) is 1. The highest BCUT2D eigenvalue weighted by atomic mass is 32.2. The van der Waals surface area contributed by atoms with Crippen LogP contribution in [0.4, 0.5) is 4.39 Å². The highest BCUT2D eigenvalue weighted by molar-refractivity contribution is 7.99. The number of pyridine rings is 1. The zero-order valence-electron chi connectivity index (χ0n) is 9.27. The third-order valence-electron chi connectivity index (χ3n) is 1.98. The SMILES string of the molecule is COC(=O)CC(C)SCc1cncc(F)c1. The van der Waals surface area contributed by atoms with Gasteiger partial charge in [-0.25, -0.2) is 4.39 Å². The Labute approximate surface area is 98.4 Å². The average Bonchev–Trinajstić information content (AvgIpc) is 2.26. The van der Waals surface area contributed by atoms with Gasteiger partial charge in [0.15, 0.2) is 0 Å². The molecule has 1 heterocycles. The lowest BCUT2D eigenvalue weighted by molar-refractivity contribution is -0.140. The van der Waals surface area contributed by atoms with Crippen molar-refractivity contribution in [2.45, 2.75) is 24.3 Å². The van der Waals surface area contributed by atoms with E-state index in [4.69, 9.17) is 0 Å².